The lowest BCUT2D eigenvalue weighted by atomic mass is 9.93. The minimum absolute atomic E-state index is 0.0660. The van der Waals surface area contributed by atoms with E-state index in [1.54, 1.807) is 13.0 Å². The number of urea groups is 1. The van der Waals surface area contributed by atoms with E-state index in [4.69, 9.17) is 9.47 Å². The van der Waals surface area contributed by atoms with Crippen LogP contribution >= 0.6 is 0 Å². The van der Waals surface area contributed by atoms with Crippen molar-refractivity contribution in [2.75, 3.05) is 12.1 Å². The number of carbonyl (C=O) groups excluding carboxylic acids is 2. The Kier molecular flexibility index (Phi) is 4.97. The number of aryl methyl sites for hydroxylation is 2. The Balaban J connectivity index is 1.78. The van der Waals surface area contributed by atoms with Gasteiger partial charge in [-0.3, -0.25) is 14.9 Å². The maximum atomic E-state index is 13.2. The van der Waals surface area contributed by atoms with Gasteiger partial charge in [-0.2, -0.15) is 0 Å². The number of amides is 3. The van der Waals surface area contributed by atoms with Crippen molar-refractivity contribution in [2.24, 2.45) is 0 Å². The van der Waals surface area contributed by atoms with Crippen molar-refractivity contribution < 1.29 is 24.0 Å². The first-order valence-corrected chi connectivity index (χ1v) is 9.49. The fraction of sp³-hybridized carbons (Fsp3) is 0.238. The normalized spacial score (nSPS) is 17.1. The van der Waals surface area contributed by atoms with Crippen LogP contribution in [0, 0.1) is 24.0 Å². The Hall–Kier alpha value is -4.08. The number of nitro benzene ring substituents is 1. The van der Waals surface area contributed by atoms with E-state index in [9.17, 15) is 19.7 Å². The van der Waals surface area contributed by atoms with Crippen LogP contribution in [0.15, 0.2) is 41.6 Å². The molecule has 4 rings (SSSR count). The lowest BCUT2D eigenvalue weighted by molar-refractivity contribution is -0.385. The summed E-state index contributed by atoms with van der Waals surface area (Å²) in [6.45, 7) is 5.32. The maximum Gasteiger partial charge on any atom is 0.319 e. The first-order valence-electron chi connectivity index (χ1n) is 9.49. The van der Waals surface area contributed by atoms with Gasteiger partial charge in [0.1, 0.15) is 0 Å². The number of hydrogen-bond acceptors (Lipinski definition) is 6. The molecule has 2 heterocycles. The molecule has 0 aliphatic carbocycles. The minimum atomic E-state index is -1.06. The van der Waals surface area contributed by atoms with E-state index in [1.165, 1.54) is 12.1 Å². The molecule has 31 heavy (non-hydrogen) atoms. The molecule has 2 aliphatic heterocycles. The van der Waals surface area contributed by atoms with Crippen LogP contribution in [0.3, 0.4) is 0 Å². The third kappa shape index (κ3) is 3.75. The van der Waals surface area contributed by atoms with E-state index in [-0.39, 0.29) is 29.4 Å². The number of nitro groups is 1. The second kappa shape index (κ2) is 7.63. The number of hydrogen-bond donors (Lipinski definition) is 3. The van der Waals surface area contributed by atoms with Crippen LogP contribution in [0.5, 0.6) is 11.5 Å². The molecule has 1 unspecified atom stereocenters. The molecule has 10 nitrogen and oxygen atoms in total. The monoisotopic (exact) mass is 424 g/mol. The molecule has 0 spiro atoms. The van der Waals surface area contributed by atoms with E-state index in [0.717, 1.165) is 11.1 Å². The van der Waals surface area contributed by atoms with E-state index >= 15 is 0 Å². The van der Waals surface area contributed by atoms with E-state index in [0.29, 0.717) is 17.1 Å². The molecule has 2 aliphatic rings. The number of allylic oxidation sites excluding steroid dienone is 1. The Morgan fingerprint density at radius 1 is 1.16 bits per heavy atom. The summed E-state index contributed by atoms with van der Waals surface area (Å²) in [5.41, 5.74) is 2.79. The predicted octanol–water partition coefficient (Wildman–Crippen LogP) is 3.21. The highest BCUT2D eigenvalue weighted by molar-refractivity contribution is 6.07. The molecule has 160 valence electrons. The highest BCUT2D eigenvalue weighted by atomic mass is 16.7. The highest BCUT2D eigenvalue weighted by Crippen LogP contribution is 2.42. The number of anilines is 1. The zero-order chi connectivity index (χ0) is 22.3. The van der Waals surface area contributed by atoms with E-state index in [1.807, 2.05) is 26.0 Å². The van der Waals surface area contributed by atoms with Gasteiger partial charge in [-0.15, -0.1) is 0 Å². The van der Waals surface area contributed by atoms with Gasteiger partial charge in [0.05, 0.1) is 28.2 Å². The number of fused-ring (bicyclic) bond motifs is 1. The molecule has 0 saturated heterocycles. The van der Waals surface area contributed by atoms with Crippen LogP contribution in [-0.2, 0) is 4.79 Å². The molecule has 0 radical (unpaired) electrons. The smallest absolute Gasteiger partial charge is 0.319 e. The highest BCUT2D eigenvalue weighted by Gasteiger charge is 2.37. The van der Waals surface area contributed by atoms with Crippen molar-refractivity contribution in [3.8, 4) is 11.5 Å². The standard InChI is InChI=1S/C21H20N4O6/c1-10-4-5-14(11(2)6-10)23-20(26)18-12(3)22-21(27)24-19(18)13-7-16-17(31-9-30-16)8-15(13)25(28)29/h4-8,19H,9H2,1-3H3,(H,23,26)(H2,22,24,27). The van der Waals surface area contributed by atoms with Gasteiger partial charge in [0.2, 0.25) is 6.79 Å². The molecule has 2 aromatic carbocycles. The number of benzene rings is 2. The van der Waals surface area contributed by atoms with Crippen LogP contribution in [0.2, 0.25) is 0 Å². The SMILES string of the molecule is CC1=C(C(=O)Nc2ccc(C)cc2C)C(c2cc3c(cc2[N+](=O)[O-])OCO3)NC(=O)N1. The fourth-order valence-electron chi connectivity index (χ4n) is 3.71. The van der Waals surface area contributed by atoms with Crippen molar-refractivity contribution in [2.45, 2.75) is 26.8 Å². The van der Waals surface area contributed by atoms with Crippen molar-refractivity contribution in [3.63, 3.8) is 0 Å². The Morgan fingerprint density at radius 2 is 1.87 bits per heavy atom. The maximum absolute atomic E-state index is 13.2. The number of nitrogens with zero attached hydrogens (tertiary/aromatic N) is 1. The zero-order valence-electron chi connectivity index (χ0n) is 17.1. The summed E-state index contributed by atoms with van der Waals surface area (Å²) in [6.07, 6.45) is 0. The second-order valence-electron chi connectivity index (χ2n) is 7.36. The molecule has 10 heteroatoms. The second-order valence-corrected chi connectivity index (χ2v) is 7.36. The molecular weight excluding hydrogens is 404 g/mol. The molecule has 0 saturated carbocycles. The molecule has 3 N–H and O–H groups in total. The topological polar surface area (TPSA) is 132 Å². The quantitative estimate of drug-likeness (QED) is 0.510. The van der Waals surface area contributed by atoms with Gasteiger partial charge in [-0.25, -0.2) is 4.79 Å². The number of nitrogens with one attached hydrogen (secondary N) is 3. The zero-order valence-corrected chi connectivity index (χ0v) is 17.1. The molecule has 2 aromatic rings. The van der Waals surface area contributed by atoms with Gasteiger partial charge in [0.25, 0.3) is 11.6 Å². The average molecular weight is 424 g/mol. The van der Waals surface area contributed by atoms with Crippen LogP contribution in [0.25, 0.3) is 0 Å². The summed E-state index contributed by atoms with van der Waals surface area (Å²) in [5, 5.41) is 19.8. The van der Waals surface area contributed by atoms with Crippen molar-refractivity contribution >= 4 is 23.3 Å². The predicted molar refractivity (Wildman–Crippen MR) is 111 cm³/mol. The van der Waals surface area contributed by atoms with Crippen LogP contribution < -0.4 is 25.4 Å². The minimum Gasteiger partial charge on any atom is -0.454 e. The van der Waals surface area contributed by atoms with E-state index < -0.39 is 22.9 Å². The van der Waals surface area contributed by atoms with Crippen LogP contribution in [-0.4, -0.2) is 23.7 Å². The van der Waals surface area contributed by atoms with Crippen LogP contribution in [0.4, 0.5) is 16.2 Å². The van der Waals surface area contributed by atoms with Crippen molar-refractivity contribution in [1.82, 2.24) is 10.6 Å². The van der Waals surface area contributed by atoms with Crippen LogP contribution in [0.1, 0.15) is 29.7 Å². The molecule has 1 atom stereocenters. The Bertz CT molecular complexity index is 1160. The summed E-state index contributed by atoms with van der Waals surface area (Å²) < 4.78 is 10.6. The Morgan fingerprint density at radius 3 is 2.55 bits per heavy atom. The summed E-state index contributed by atoms with van der Waals surface area (Å²) in [5.74, 6) is 0.0479. The average Bonchev–Trinajstić information content (AvgIpc) is 3.16. The Labute approximate surface area is 177 Å². The van der Waals surface area contributed by atoms with Gasteiger partial charge < -0.3 is 25.4 Å². The van der Waals surface area contributed by atoms with Gasteiger partial charge >= 0.3 is 6.03 Å². The van der Waals surface area contributed by atoms with Gasteiger partial charge in [-0.1, -0.05) is 17.7 Å². The molecule has 0 fully saturated rings. The van der Waals surface area contributed by atoms with Gasteiger partial charge in [0.15, 0.2) is 11.5 Å². The lowest BCUT2D eigenvalue weighted by Gasteiger charge is -2.28. The van der Waals surface area contributed by atoms with Crippen molar-refractivity contribution in [3.05, 3.63) is 68.4 Å². The molecular formula is C21H20N4O6. The fourth-order valence-corrected chi connectivity index (χ4v) is 3.71. The largest absolute Gasteiger partial charge is 0.454 e. The van der Waals surface area contributed by atoms with Crippen molar-refractivity contribution in [1.29, 1.82) is 0 Å². The van der Waals surface area contributed by atoms with Gasteiger partial charge in [-0.05, 0) is 38.5 Å². The first kappa shape index (κ1) is 20.2. The number of carbonyl (C=O) groups is 2. The molecule has 3 amide bonds. The molecule has 0 bridgehead atoms. The lowest BCUT2D eigenvalue weighted by Crippen LogP contribution is -2.46. The number of ether oxygens (including phenoxy) is 2. The third-order valence-corrected chi connectivity index (χ3v) is 5.17. The van der Waals surface area contributed by atoms with E-state index in [2.05, 4.69) is 16.0 Å². The first-order chi connectivity index (χ1) is 14.7. The molecule has 0 aromatic heterocycles. The number of rotatable bonds is 4. The summed E-state index contributed by atoms with van der Waals surface area (Å²) >= 11 is 0. The summed E-state index contributed by atoms with van der Waals surface area (Å²) in [4.78, 5) is 36.6. The van der Waals surface area contributed by atoms with Gasteiger partial charge in [0, 0.05) is 11.4 Å². The third-order valence-electron chi connectivity index (χ3n) is 5.17. The summed E-state index contributed by atoms with van der Waals surface area (Å²) in [6, 6.07) is 6.61. The summed E-state index contributed by atoms with van der Waals surface area (Å²) in [7, 11) is 0.